The van der Waals surface area contributed by atoms with Crippen LogP contribution in [0.2, 0.25) is 5.02 Å². The Morgan fingerprint density at radius 3 is 2.58 bits per heavy atom. The van der Waals surface area contributed by atoms with Crippen molar-refractivity contribution in [2.45, 2.75) is 38.2 Å². The molecule has 0 N–H and O–H groups in total. The number of hydrogen-bond donors (Lipinski definition) is 0. The fraction of sp³-hybridized carbons (Fsp3) is 0.261. The van der Waals surface area contributed by atoms with Gasteiger partial charge in [-0.1, -0.05) is 60.8 Å². The van der Waals surface area contributed by atoms with Crippen molar-refractivity contribution < 1.29 is 4.74 Å². The van der Waals surface area contributed by atoms with Gasteiger partial charge in [-0.2, -0.15) is 0 Å². The molecule has 133 valence electrons. The lowest BCUT2D eigenvalue weighted by Gasteiger charge is -2.21. The quantitative estimate of drug-likeness (QED) is 0.444. The maximum absolute atomic E-state index is 6.32. The summed E-state index contributed by atoms with van der Waals surface area (Å²) in [6.07, 6.45) is 7.65. The van der Waals surface area contributed by atoms with E-state index in [9.17, 15) is 0 Å². The van der Waals surface area contributed by atoms with E-state index in [1.54, 1.807) is 11.3 Å². The van der Waals surface area contributed by atoms with Gasteiger partial charge in [-0.25, -0.2) is 0 Å². The van der Waals surface area contributed by atoms with Crippen LogP contribution >= 0.6 is 22.9 Å². The van der Waals surface area contributed by atoms with Crippen molar-refractivity contribution in [1.82, 2.24) is 0 Å². The van der Waals surface area contributed by atoms with E-state index < -0.39 is 0 Å². The second kappa shape index (κ2) is 8.28. The van der Waals surface area contributed by atoms with Crippen molar-refractivity contribution in [3.05, 3.63) is 82.5 Å². The Morgan fingerprint density at radius 2 is 1.85 bits per heavy atom. The minimum absolute atomic E-state index is 0.541. The molecule has 3 aromatic rings. The summed E-state index contributed by atoms with van der Waals surface area (Å²) >= 11 is 7.99. The third-order valence-electron chi connectivity index (χ3n) is 5.00. The smallest absolute Gasteiger partial charge is 0.119 e. The zero-order valence-corrected chi connectivity index (χ0v) is 16.2. The van der Waals surface area contributed by atoms with Crippen LogP contribution in [0.25, 0.3) is 10.4 Å². The second-order valence-electron chi connectivity index (χ2n) is 6.74. The summed E-state index contributed by atoms with van der Waals surface area (Å²) in [6, 6.07) is 18.9. The lowest BCUT2D eigenvalue weighted by atomic mass is 9.84. The maximum atomic E-state index is 6.32. The van der Waals surface area contributed by atoms with Crippen LogP contribution in [0.3, 0.4) is 0 Å². The van der Waals surface area contributed by atoms with Gasteiger partial charge in [-0.05, 0) is 65.4 Å². The molecule has 1 nitrogen and oxygen atoms in total. The van der Waals surface area contributed by atoms with Crippen LogP contribution in [0.15, 0.2) is 60.0 Å². The Kier molecular flexibility index (Phi) is 5.62. The Balaban J connectivity index is 1.45. The van der Waals surface area contributed by atoms with Crippen molar-refractivity contribution in [2.75, 3.05) is 0 Å². The molecule has 1 saturated carbocycles. The Morgan fingerprint density at radius 1 is 1.00 bits per heavy atom. The zero-order chi connectivity index (χ0) is 17.8. The van der Waals surface area contributed by atoms with Crippen LogP contribution in [0.4, 0.5) is 0 Å². The van der Waals surface area contributed by atoms with Gasteiger partial charge < -0.3 is 4.74 Å². The summed E-state index contributed by atoms with van der Waals surface area (Å²) < 4.78 is 6.06. The lowest BCUT2D eigenvalue weighted by molar-refractivity contribution is 0.306. The molecule has 26 heavy (non-hydrogen) atoms. The van der Waals surface area contributed by atoms with Gasteiger partial charge in [-0.3, -0.25) is 0 Å². The first-order valence-electron chi connectivity index (χ1n) is 9.18. The number of hydrogen-bond acceptors (Lipinski definition) is 2. The van der Waals surface area contributed by atoms with Crippen molar-refractivity contribution in [3.8, 4) is 16.2 Å². The van der Waals surface area contributed by atoms with Gasteiger partial charge in [0.25, 0.3) is 0 Å². The summed E-state index contributed by atoms with van der Waals surface area (Å²) in [5, 5.41) is 2.83. The van der Waals surface area contributed by atoms with Gasteiger partial charge in [0.1, 0.15) is 12.4 Å². The summed E-state index contributed by atoms with van der Waals surface area (Å²) in [5.41, 5.74) is 3.71. The van der Waals surface area contributed by atoms with Crippen LogP contribution in [-0.2, 0) is 6.61 Å². The molecule has 1 aliphatic carbocycles. The molecule has 3 heteroatoms. The number of halogens is 1. The van der Waals surface area contributed by atoms with E-state index in [2.05, 4.69) is 42.8 Å². The predicted molar refractivity (Wildman–Crippen MR) is 111 cm³/mol. The molecule has 1 unspecified atom stereocenters. The van der Waals surface area contributed by atoms with Crippen molar-refractivity contribution >= 4 is 22.9 Å². The van der Waals surface area contributed by atoms with Gasteiger partial charge in [0.05, 0.1) is 9.90 Å². The average Bonchev–Trinajstić information content (AvgIpc) is 3.13. The normalized spacial score (nSPS) is 15.1. The van der Waals surface area contributed by atoms with Crippen LogP contribution in [-0.4, -0.2) is 0 Å². The molecule has 1 heterocycles. The van der Waals surface area contributed by atoms with Crippen molar-refractivity contribution in [3.63, 3.8) is 0 Å². The third-order valence-corrected chi connectivity index (χ3v) is 6.38. The number of thiophene rings is 1. The van der Waals surface area contributed by atoms with Crippen LogP contribution in [0.1, 0.15) is 42.7 Å². The molecule has 1 aliphatic rings. The summed E-state index contributed by atoms with van der Waals surface area (Å²) in [6.45, 7) is 0.541. The summed E-state index contributed by atoms with van der Waals surface area (Å²) in [4.78, 5) is 1.11. The first-order chi connectivity index (χ1) is 12.8. The Labute approximate surface area is 164 Å². The first-order valence-corrected chi connectivity index (χ1v) is 10.4. The van der Waals surface area contributed by atoms with E-state index in [1.165, 1.54) is 31.2 Å². The number of rotatable bonds is 5. The molecule has 0 aliphatic heterocycles. The molecule has 4 rings (SSSR count). The van der Waals surface area contributed by atoms with Gasteiger partial charge in [-0.15, -0.1) is 11.3 Å². The second-order valence-corrected chi connectivity index (χ2v) is 8.06. The number of ether oxygens (including phenoxy) is 1. The van der Waals surface area contributed by atoms with Gasteiger partial charge in [0, 0.05) is 0 Å². The molecular formula is C23H22ClOS. The van der Waals surface area contributed by atoms with E-state index in [0.717, 1.165) is 26.8 Å². The molecule has 1 atom stereocenters. The highest BCUT2D eigenvalue weighted by molar-refractivity contribution is 7.14. The minimum atomic E-state index is 0.541. The lowest BCUT2D eigenvalue weighted by Crippen LogP contribution is -2.05. The molecule has 1 aromatic heterocycles. The zero-order valence-electron chi connectivity index (χ0n) is 14.7. The standard InChI is InChI=1S/C23H22ClOS/c24-22-14-15-26-23(22)21-9-5-4-8-19(21)16-25-20-12-10-18(11-13-20)17-6-2-1-3-7-17/h4-6,8-15,17H,1-3,7,16H2. The van der Waals surface area contributed by atoms with E-state index in [0.29, 0.717) is 12.5 Å². The highest BCUT2D eigenvalue weighted by Gasteiger charge is 2.15. The summed E-state index contributed by atoms with van der Waals surface area (Å²) in [7, 11) is 0. The van der Waals surface area contributed by atoms with Gasteiger partial charge in [0.15, 0.2) is 0 Å². The van der Waals surface area contributed by atoms with Crippen molar-refractivity contribution in [2.24, 2.45) is 0 Å². The molecule has 0 saturated heterocycles. The van der Waals surface area contributed by atoms with E-state index in [-0.39, 0.29) is 0 Å². The topological polar surface area (TPSA) is 9.23 Å². The Bertz CT molecular complexity index is 847. The molecule has 2 aromatic carbocycles. The van der Waals surface area contributed by atoms with Crippen molar-refractivity contribution in [1.29, 1.82) is 0 Å². The largest absolute Gasteiger partial charge is 0.489 e. The highest BCUT2D eigenvalue weighted by atomic mass is 35.5. The van der Waals surface area contributed by atoms with E-state index in [1.807, 2.05) is 23.6 Å². The molecular weight excluding hydrogens is 360 g/mol. The van der Waals surface area contributed by atoms with E-state index in [4.69, 9.17) is 16.3 Å². The van der Waals surface area contributed by atoms with E-state index >= 15 is 0 Å². The molecule has 0 spiro atoms. The predicted octanol–water partition coefficient (Wildman–Crippen LogP) is 7.51. The molecule has 0 amide bonds. The maximum Gasteiger partial charge on any atom is 0.119 e. The fourth-order valence-electron chi connectivity index (χ4n) is 3.57. The van der Waals surface area contributed by atoms with Crippen LogP contribution in [0, 0.1) is 6.42 Å². The third kappa shape index (κ3) is 3.97. The van der Waals surface area contributed by atoms with Crippen LogP contribution < -0.4 is 4.74 Å². The Hall–Kier alpha value is -1.77. The van der Waals surface area contributed by atoms with Gasteiger partial charge in [0.2, 0.25) is 0 Å². The molecule has 1 radical (unpaired) electrons. The van der Waals surface area contributed by atoms with Gasteiger partial charge >= 0.3 is 0 Å². The molecule has 1 fully saturated rings. The fourth-order valence-corrected chi connectivity index (χ4v) is 4.79. The number of benzene rings is 2. The summed E-state index contributed by atoms with van der Waals surface area (Å²) in [5.74, 6) is 1.52. The highest BCUT2D eigenvalue weighted by Crippen LogP contribution is 2.36. The monoisotopic (exact) mass is 381 g/mol. The average molecular weight is 382 g/mol. The first kappa shape index (κ1) is 17.6. The van der Waals surface area contributed by atoms with Crippen LogP contribution in [0.5, 0.6) is 5.75 Å². The molecule has 0 bridgehead atoms. The SMILES string of the molecule is Clc1ccsc1-c1ccccc1COc1ccc(C2[CH]CCCC2)cc1. The minimum Gasteiger partial charge on any atom is -0.489 e.